The smallest absolute Gasteiger partial charge is 0.227 e. The van der Waals surface area contributed by atoms with Gasteiger partial charge in [-0.2, -0.15) is 4.98 Å². The minimum Gasteiger partial charge on any atom is -0.339 e. The molecule has 0 aliphatic heterocycles. The Kier molecular flexibility index (Phi) is 8.63. The molecule has 3 heteroatoms. The third-order valence-corrected chi connectivity index (χ3v) is 4.42. The zero-order valence-corrected chi connectivity index (χ0v) is 14.6. The minimum atomic E-state index is 0.320. The third kappa shape index (κ3) is 7.63. The predicted molar refractivity (Wildman–Crippen MR) is 88.4 cm³/mol. The number of unbranched alkanes of at least 4 members (excludes halogenated alkanes) is 6. The minimum absolute atomic E-state index is 0.320. The highest BCUT2D eigenvalue weighted by Gasteiger charge is 2.26. The van der Waals surface area contributed by atoms with Gasteiger partial charge in [-0.1, -0.05) is 77.3 Å². The van der Waals surface area contributed by atoms with Crippen LogP contribution in [0.5, 0.6) is 0 Å². The first-order valence-corrected chi connectivity index (χ1v) is 8.89. The molecule has 0 amide bonds. The summed E-state index contributed by atoms with van der Waals surface area (Å²) in [6.07, 6.45) is 14.2. The zero-order chi connectivity index (χ0) is 15.6. The quantitative estimate of drug-likeness (QED) is 0.453. The Morgan fingerprint density at radius 1 is 0.905 bits per heavy atom. The average Bonchev–Trinajstić information content (AvgIpc) is 2.85. The number of rotatable bonds is 12. The SMILES string of the molecule is CCCCCCC(C)(CCCCCC)Cc1nc(C)no1. The molecular formula is C18H34N2O. The van der Waals surface area contributed by atoms with E-state index in [2.05, 4.69) is 30.9 Å². The van der Waals surface area contributed by atoms with Crippen LogP contribution in [0.15, 0.2) is 4.52 Å². The van der Waals surface area contributed by atoms with Gasteiger partial charge in [-0.15, -0.1) is 0 Å². The molecule has 1 heterocycles. The van der Waals surface area contributed by atoms with Crippen LogP contribution in [-0.4, -0.2) is 10.1 Å². The van der Waals surface area contributed by atoms with Gasteiger partial charge >= 0.3 is 0 Å². The normalized spacial score (nSPS) is 12.0. The summed E-state index contributed by atoms with van der Waals surface area (Å²) in [6.45, 7) is 8.84. The lowest BCUT2D eigenvalue weighted by Gasteiger charge is -2.28. The van der Waals surface area contributed by atoms with Gasteiger partial charge < -0.3 is 4.52 Å². The number of nitrogens with zero attached hydrogens (tertiary/aromatic N) is 2. The summed E-state index contributed by atoms with van der Waals surface area (Å²) in [6, 6.07) is 0. The monoisotopic (exact) mass is 294 g/mol. The van der Waals surface area contributed by atoms with E-state index in [1.165, 1.54) is 64.2 Å². The van der Waals surface area contributed by atoms with Gasteiger partial charge in [0, 0.05) is 6.42 Å². The number of aromatic nitrogens is 2. The van der Waals surface area contributed by atoms with Crippen LogP contribution in [-0.2, 0) is 6.42 Å². The van der Waals surface area contributed by atoms with Crippen molar-refractivity contribution in [1.29, 1.82) is 0 Å². The standard InChI is InChI=1S/C18H34N2O/c1-5-7-9-11-13-18(4,14-12-10-8-6-2)15-17-19-16(3)20-21-17/h5-15H2,1-4H3. The fourth-order valence-corrected chi connectivity index (χ4v) is 3.04. The molecule has 1 aromatic rings. The molecule has 0 radical (unpaired) electrons. The summed E-state index contributed by atoms with van der Waals surface area (Å²) in [5, 5.41) is 3.93. The van der Waals surface area contributed by atoms with Crippen LogP contribution in [0.25, 0.3) is 0 Å². The van der Waals surface area contributed by atoms with Crippen molar-refractivity contribution >= 4 is 0 Å². The Balaban J connectivity index is 2.50. The second-order valence-electron chi connectivity index (χ2n) is 6.84. The molecule has 0 aromatic carbocycles. The Morgan fingerprint density at radius 3 is 1.90 bits per heavy atom. The molecule has 0 aliphatic rings. The van der Waals surface area contributed by atoms with E-state index in [4.69, 9.17) is 4.52 Å². The van der Waals surface area contributed by atoms with Crippen LogP contribution in [0.4, 0.5) is 0 Å². The lowest BCUT2D eigenvalue weighted by Crippen LogP contribution is -2.20. The number of hydrogen-bond donors (Lipinski definition) is 0. The summed E-state index contributed by atoms with van der Waals surface area (Å²) < 4.78 is 5.35. The highest BCUT2D eigenvalue weighted by Crippen LogP contribution is 2.34. The maximum atomic E-state index is 5.35. The van der Waals surface area contributed by atoms with Gasteiger partial charge in [-0.3, -0.25) is 0 Å². The topological polar surface area (TPSA) is 38.9 Å². The lowest BCUT2D eigenvalue weighted by atomic mass is 9.77. The highest BCUT2D eigenvalue weighted by molar-refractivity contribution is 4.90. The van der Waals surface area contributed by atoms with Gasteiger partial charge in [0.05, 0.1) is 0 Å². The number of hydrogen-bond acceptors (Lipinski definition) is 3. The molecule has 1 rings (SSSR count). The molecule has 0 N–H and O–H groups in total. The molecule has 0 unspecified atom stereocenters. The van der Waals surface area contributed by atoms with E-state index in [1.54, 1.807) is 0 Å². The van der Waals surface area contributed by atoms with E-state index in [1.807, 2.05) is 6.92 Å². The fraction of sp³-hybridized carbons (Fsp3) is 0.889. The second-order valence-corrected chi connectivity index (χ2v) is 6.84. The molecule has 21 heavy (non-hydrogen) atoms. The van der Waals surface area contributed by atoms with E-state index in [9.17, 15) is 0 Å². The largest absolute Gasteiger partial charge is 0.339 e. The predicted octanol–water partition coefficient (Wildman–Crippen LogP) is 5.87. The van der Waals surface area contributed by atoms with Crippen LogP contribution in [0.2, 0.25) is 0 Å². The van der Waals surface area contributed by atoms with Crippen LogP contribution in [0.1, 0.15) is 96.7 Å². The molecule has 0 saturated heterocycles. The Hall–Kier alpha value is -0.860. The first-order chi connectivity index (χ1) is 10.1. The van der Waals surface area contributed by atoms with Crippen LogP contribution in [0, 0.1) is 12.3 Å². The van der Waals surface area contributed by atoms with E-state index < -0.39 is 0 Å². The molecule has 0 atom stereocenters. The van der Waals surface area contributed by atoms with Crippen molar-refractivity contribution in [2.24, 2.45) is 5.41 Å². The Bertz CT molecular complexity index is 361. The van der Waals surface area contributed by atoms with E-state index >= 15 is 0 Å². The third-order valence-electron chi connectivity index (χ3n) is 4.42. The van der Waals surface area contributed by atoms with Crippen LogP contribution in [0.3, 0.4) is 0 Å². The summed E-state index contributed by atoms with van der Waals surface area (Å²) in [7, 11) is 0. The first-order valence-electron chi connectivity index (χ1n) is 8.89. The maximum absolute atomic E-state index is 5.35. The summed E-state index contributed by atoms with van der Waals surface area (Å²) in [5.41, 5.74) is 0.320. The average molecular weight is 294 g/mol. The van der Waals surface area contributed by atoms with Crippen molar-refractivity contribution in [2.45, 2.75) is 98.3 Å². The van der Waals surface area contributed by atoms with E-state index in [-0.39, 0.29) is 0 Å². The van der Waals surface area contributed by atoms with Gasteiger partial charge in [0.25, 0.3) is 0 Å². The molecular weight excluding hydrogens is 260 g/mol. The van der Waals surface area contributed by atoms with E-state index in [0.29, 0.717) is 5.41 Å². The summed E-state index contributed by atoms with van der Waals surface area (Å²) in [4.78, 5) is 4.41. The fourth-order valence-electron chi connectivity index (χ4n) is 3.04. The number of aryl methyl sites for hydroxylation is 1. The zero-order valence-electron chi connectivity index (χ0n) is 14.6. The molecule has 1 aromatic heterocycles. The molecule has 0 bridgehead atoms. The van der Waals surface area contributed by atoms with Gasteiger partial charge in [0.15, 0.2) is 5.82 Å². The molecule has 122 valence electrons. The van der Waals surface area contributed by atoms with Crippen LogP contribution < -0.4 is 0 Å². The summed E-state index contributed by atoms with van der Waals surface area (Å²) >= 11 is 0. The van der Waals surface area contributed by atoms with Gasteiger partial charge in [-0.25, -0.2) is 0 Å². The van der Waals surface area contributed by atoms with E-state index in [0.717, 1.165) is 18.1 Å². The molecule has 0 fully saturated rings. The maximum Gasteiger partial charge on any atom is 0.227 e. The molecule has 0 aliphatic carbocycles. The second kappa shape index (κ2) is 9.97. The van der Waals surface area contributed by atoms with Crippen molar-refractivity contribution in [3.05, 3.63) is 11.7 Å². The van der Waals surface area contributed by atoms with Crippen LogP contribution >= 0.6 is 0 Å². The van der Waals surface area contributed by atoms with Gasteiger partial charge in [0.2, 0.25) is 5.89 Å². The van der Waals surface area contributed by atoms with Crippen molar-refractivity contribution in [3.8, 4) is 0 Å². The van der Waals surface area contributed by atoms with Crippen molar-refractivity contribution in [2.75, 3.05) is 0 Å². The first kappa shape index (κ1) is 18.2. The Morgan fingerprint density at radius 2 is 1.48 bits per heavy atom. The molecule has 0 saturated carbocycles. The highest BCUT2D eigenvalue weighted by atomic mass is 16.5. The molecule has 0 spiro atoms. The van der Waals surface area contributed by atoms with Crippen molar-refractivity contribution in [3.63, 3.8) is 0 Å². The molecule has 3 nitrogen and oxygen atoms in total. The Labute approximate surface area is 130 Å². The summed E-state index contributed by atoms with van der Waals surface area (Å²) in [5.74, 6) is 1.57. The lowest BCUT2D eigenvalue weighted by molar-refractivity contribution is 0.220. The van der Waals surface area contributed by atoms with Gasteiger partial charge in [-0.05, 0) is 25.2 Å². The van der Waals surface area contributed by atoms with Crippen molar-refractivity contribution < 1.29 is 4.52 Å². The van der Waals surface area contributed by atoms with Crippen molar-refractivity contribution in [1.82, 2.24) is 10.1 Å². The van der Waals surface area contributed by atoms with Gasteiger partial charge in [0.1, 0.15) is 0 Å².